The molecule has 0 aliphatic carbocycles. The van der Waals surface area contributed by atoms with E-state index in [1.807, 2.05) is 57.2 Å². The molecule has 1 fully saturated rings. The molecule has 9 nitrogen and oxygen atoms in total. The van der Waals surface area contributed by atoms with E-state index in [0.29, 0.717) is 17.9 Å². The van der Waals surface area contributed by atoms with Crippen molar-refractivity contribution in [3.63, 3.8) is 0 Å². The monoisotopic (exact) mass is 653 g/mol. The van der Waals surface area contributed by atoms with Gasteiger partial charge in [0.1, 0.15) is 11.6 Å². The normalized spacial score (nSPS) is 13.3. The number of amides is 1. The van der Waals surface area contributed by atoms with Crippen LogP contribution in [0.5, 0.6) is 5.75 Å². The summed E-state index contributed by atoms with van der Waals surface area (Å²) in [6, 6.07) is 21.8. The number of likely N-dealkylation sites (tertiary alicyclic amines) is 1. The Kier molecular flexibility index (Phi) is 10.7. The lowest BCUT2D eigenvalue weighted by Crippen LogP contribution is -2.31. The van der Waals surface area contributed by atoms with E-state index in [0.717, 1.165) is 65.4 Å². The third kappa shape index (κ3) is 8.25. The number of imidazole rings is 1. The van der Waals surface area contributed by atoms with Gasteiger partial charge in [0.2, 0.25) is 0 Å². The number of fused-ring (bicyclic) bond motifs is 1. The maximum absolute atomic E-state index is 13.4. The highest BCUT2D eigenvalue weighted by Crippen LogP contribution is 2.30. The van der Waals surface area contributed by atoms with Crippen molar-refractivity contribution < 1.29 is 17.9 Å². The topological polar surface area (TPSA) is 117 Å². The van der Waals surface area contributed by atoms with Crippen molar-refractivity contribution in [3.8, 4) is 16.9 Å². The Hall–Kier alpha value is -4.54. The Labute approximate surface area is 277 Å². The van der Waals surface area contributed by atoms with Crippen LogP contribution in [-0.2, 0) is 23.0 Å². The van der Waals surface area contributed by atoms with Crippen molar-refractivity contribution >= 4 is 27.1 Å². The van der Waals surface area contributed by atoms with Crippen LogP contribution in [0.3, 0.4) is 0 Å². The highest BCUT2D eigenvalue weighted by molar-refractivity contribution is 7.90. The van der Waals surface area contributed by atoms with Crippen LogP contribution in [-0.4, -0.2) is 53.9 Å². The number of H-pyrrole nitrogens is 1. The molecular weight excluding hydrogens is 611 g/mol. The van der Waals surface area contributed by atoms with Crippen LogP contribution < -0.4 is 9.46 Å². The first kappa shape index (κ1) is 33.8. The Balaban J connectivity index is 0.000000277. The summed E-state index contributed by atoms with van der Waals surface area (Å²) in [5, 5.41) is 0. The number of carbonyl (C=O) groups excluding carboxylic acids is 1. The molecule has 1 amide bonds. The number of aromatic nitrogens is 3. The molecule has 1 saturated heterocycles. The number of para-hydroxylation sites is 1. The van der Waals surface area contributed by atoms with Crippen LogP contribution in [0.4, 0.5) is 0 Å². The summed E-state index contributed by atoms with van der Waals surface area (Å²) in [6.07, 6.45) is 3.30. The number of hydrogen-bond acceptors (Lipinski definition) is 7. The van der Waals surface area contributed by atoms with Crippen LogP contribution in [0.25, 0.3) is 22.3 Å². The van der Waals surface area contributed by atoms with E-state index in [1.54, 1.807) is 30.3 Å². The standard InChI is InChI=1S/C27H30N2O4S.C10H13N3/c1-3-33-25-9-5-4-8-23(25)27(30)28-34(31,32)26-15-12-21(19-29-16-6-7-17-29)18-24(26)22-13-10-20(2)11-14-22;1-4-8-12-9-6(2)5-7(3)11-10(9)13-8/h4-5,8-15,18H,3,6-7,16-17,19H2,1-2H3,(H,28,30);5H,4H2,1-3H3,(H,11,12,13). The molecule has 0 spiro atoms. The zero-order valence-corrected chi connectivity index (χ0v) is 28.6. The van der Waals surface area contributed by atoms with Crippen LogP contribution in [0, 0.1) is 20.8 Å². The van der Waals surface area contributed by atoms with Crippen molar-refractivity contribution in [3.05, 3.63) is 107 Å². The minimum absolute atomic E-state index is 0.0729. The maximum atomic E-state index is 13.4. The summed E-state index contributed by atoms with van der Waals surface area (Å²) < 4.78 is 34.6. The lowest BCUT2D eigenvalue weighted by atomic mass is 10.0. The second kappa shape index (κ2) is 14.9. The molecule has 0 unspecified atom stereocenters. The molecule has 2 N–H and O–H groups in total. The minimum Gasteiger partial charge on any atom is -0.493 e. The van der Waals surface area contributed by atoms with E-state index >= 15 is 0 Å². The third-order valence-electron chi connectivity index (χ3n) is 8.13. The van der Waals surface area contributed by atoms with Gasteiger partial charge in [-0.25, -0.2) is 23.1 Å². The fourth-order valence-electron chi connectivity index (χ4n) is 5.76. The Morgan fingerprint density at radius 1 is 0.936 bits per heavy atom. The Morgan fingerprint density at radius 2 is 1.66 bits per heavy atom. The maximum Gasteiger partial charge on any atom is 0.268 e. The molecule has 0 bridgehead atoms. The lowest BCUT2D eigenvalue weighted by molar-refractivity contribution is 0.0977. The number of aromatic amines is 1. The van der Waals surface area contributed by atoms with Gasteiger partial charge < -0.3 is 9.72 Å². The molecule has 2 aromatic heterocycles. The van der Waals surface area contributed by atoms with E-state index < -0.39 is 15.9 Å². The van der Waals surface area contributed by atoms with Crippen molar-refractivity contribution in [1.29, 1.82) is 0 Å². The molecule has 246 valence electrons. The molecular formula is C37H43N5O4S. The molecule has 0 radical (unpaired) electrons. The van der Waals surface area contributed by atoms with Crippen LogP contribution in [0.2, 0.25) is 0 Å². The summed E-state index contributed by atoms with van der Waals surface area (Å²) in [4.78, 5) is 27.4. The number of carbonyl (C=O) groups is 1. The number of nitrogens with zero attached hydrogens (tertiary/aromatic N) is 3. The van der Waals surface area contributed by atoms with Gasteiger partial charge in [-0.2, -0.15) is 0 Å². The molecule has 10 heteroatoms. The summed E-state index contributed by atoms with van der Waals surface area (Å²) in [5.74, 6) is 0.633. The second-order valence-electron chi connectivity index (χ2n) is 11.9. The zero-order valence-electron chi connectivity index (χ0n) is 27.8. The van der Waals surface area contributed by atoms with Gasteiger partial charge in [-0.1, -0.05) is 55.0 Å². The van der Waals surface area contributed by atoms with Gasteiger partial charge in [-0.15, -0.1) is 0 Å². The second-order valence-corrected chi connectivity index (χ2v) is 13.5. The SMILES string of the molecule is CCOc1ccccc1C(=O)NS(=O)(=O)c1ccc(CN2CCCC2)cc1-c1ccc(C)cc1.CCc1nc2nc(C)cc(C)c2[nH]1. The first-order valence-electron chi connectivity index (χ1n) is 16.1. The van der Waals surface area contributed by atoms with E-state index in [9.17, 15) is 13.2 Å². The van der Waals surface area contributed by atoms with E-state index in [-0.39, 0.29) is 10.5 Å². The molecule has 3 aromatic carbocycles. The Bertz CT molecular complexity index is 1960. The number of benzene rings is 3. The first-order valence-corrected chi connectivity index (χ1v) is 17.6. The van der Waals surface area contributed by atoms with Gasteiger partial charge in [-0.05, 0) is 101 Å². The van der Waals surface area contributed by atoms with Crippen LogP contribution in [0.1, 0.15) is 65.3 Å². The minimum atomic E-state index is -4.14. The number of pyridine rings is 1. The molecule has 0 atom stereocenters. The first-order chi connectivity index (χ1) is 22.6. The quantitative estimate of drug-likeness (QED) is 0.178. The summed E-state index contributed by atoms with van der Waals surface area (Å²) in [5.41, 5.74) is 7.83. The number of nitrogens with one attached hydrogen (secondary N) is 2. The van der Waals surface area contributed by atoms with Gasteiger partial charge in [0.25, 0.3) is 15.9 Å². The number of hydrogen-bond donors (Lipinski definition) is 2. The van der Waals surface area contributed by atoms with E-state index in [1.165, 1.54) is 18.4 Å². The molecule has 0 saturated carbocycles. The van der Waals surface area contributed by atoms with Gasteiger partial charge in [0.15, 0.2) is 5.65 Å². The third-order valence-corrected chi connectivity index (χ3v) is 9.52. The molecule has 1 aliphatic heterocycles. The average molecular weight is 654 g/mol. The molecule has 5 aromatic rings. The summed E-state index contributed by atoms with van der Waals surface area (Å²) in [7, 11) is -4.14. The average Bonchev–Trinajstić information content (AvgIpc) is 3.72. The Morgan fingerprint density at radius 3 is 2.36 bits per heavy atom. The van der Waals surface area contributed by atoms with E-state index in [4.69, 9.17) is 4.74 Å². The molecule has 3 heterocycles. The van der Waals surface area contributed by atoms with Crippen molar-refractivity contribution in [2.75, 3.05) is 19.7 Å². The number of rotatable bonds is 9. The predicted molar refractivity (Wildman–Crippen MR) is 186 cm³/mol. The largest absolute Gasteiger partial charge is 0.493 e. The highest BCUT2D eigenvalue weighted by Gasteiger charge is 2.25. The van der Waals surface area contributed by atoms with E-state index in [2.05, 4.69) is 44.5 Å². The van der Waals surface area contributed by atoms with Crippen molar-refractivity contribution in [2.24, 2.45) is 0 Å². The van der Waals surface area contributed by atoms with Gasteiger partial charge >= 0.3 is 0 Å². The fourth-order valence-corrected chi connectivity index (χ4v) is 6.93. The molecule has 6 rings (SSSR count). The lowest BCUT2D eigenvalue weighted by Gasteiger charge is -2.18. The number of sulfonamides is 1. The number of ether oxygens (including phenoxy) is 1. The van der Waals surface area contributed by atoms with Gasteiger partial charge in [0, 0.05) is 24.2 Å². The summed E-state index contributed by atoms with van der Waals surface area (Å²) in [6.45, 7) is 13.2. The van der Waals surface area contributed by atoms with Gasteiger partial charge in [-0.3, -0.25) is 9.69 Å². The van der Waals surface area contributed by atoms with Crippen LogP contribution >= 0.6 is 0 Å². The number of aryl methyl sites for hydroxylation is 4. The smallest absolute Gasteiger partial charge is 0.268 e. The summed E-state index contributed by atoms with van der Waals surface area (Å²) >= 11 is 0. The van der Waals surface area contributed by atoms with Crippen LogP contribution in [0.15, 0.2) is 77.7 Å². The zero-order chi connectivity index (χ0) is 33.6. The van der Waals surface area contributed by atoms with Gasteiger partial charge in [0.05, 0.1) is 22.6 Å². The highest BCUT2D eigenvalue weighted by atomic mass is 32.2. The molecule has 47 heavy (non-hydrogen) atoms. The van der Waals surface area contributed by atoms with Crippen molar-refractivity contribution in [2.45, 2.75) is 65.3 Å². The predicted octanol–water partition coefficient (Wildman–Crippen LogP) is 6.91. The van der Waals surface area contributed by atoms with Crippen molar-refractivity contribution in [1.82, 2.24) is 24.6 Å². The molecule has 1 aliphatic rings. The fraction of sp³-hybridized carbons (Fsp3) is 0.324.